The Hall–Kier alpha value is -2.41. The number of benzene rings is 1. The summed E-state index contributed by atoms with van der Waals surface area (Å²) < 4.78 is 10.8. The highest BCUT2D eigenvalue weighted by Gasteiger charge is 2.20. The van der Waals surface area contributed by atoms with Gasteiger partial charge in [0.2, 0.25) is 5.71 Å². The van der Waals surface area contributed by atoms with Crippen molar-refractivity contribution >= 4 is 11.4 Å². The first-order valence-corrected chi connectivity index (χ1v) is 5.31. The van der Waals surface area contributed by atoms with Crippen LogP contribution in [0.4, 0.5) is 5.69 Å². The Morgan fingerprint density at radius 1 is 1.22 bits per heavy atom. The van der Waals surface area contributed by atoms with E-state index in [0.29, 0.717) is 18.9 Å². The molecule has 6 heteroatoms. The predicted molar refractivity (Wildman–Crippen MR) is 63.4 cm³/mol. The van der Waals surface area contributed by atoms with Crippen LogP contribution in [0.3, 0.4) is 0 Å². The molecule has 0 aliphatic carbocycles. The van der Waals surface area contributed by atoms with Gasteiger partial charge in [0, 0.05) is 5.56 Å². The molecule has 18 heavy (non-hydrogen) atoms. The summed E-state index contributed by atoms with van der Waals surface area (Å²) >= 11 is 0. The molecule has 2 rings (SSSR count). The normalized spacial score (nSPS) is 14.6. The van der Waals surface area contributed by atoms with Crippen molar-refractivity contribution in [2.75, 3.05) is 18.6 Å². The summed E-state index contributed by atoms with van der Waals surface area (Å²) in [7, 11) is 0. The van der Waals surface area contributed by atoms with Crippen molar-refractivity contribution in [3.8, 4) is 12.1 Å². The summed E-state index contributed by atoms with van der Waals surface area (Å²) in [5.41, 5.74) is 3.87. The molecule has 0 saturated carbocycles. The van der Waals surface area contributed by atoms with E-state index < -0.39 is 6.29 Å². The molecule has 0 unspecified atom stereocenters. The minimum atomic E-state index is -0.434. The standard InChI is InChI=1S/C12H10N4O2/c13-7-9(8-14)15-16-11-4-2-1-3-10(11)12-17-5-6-18-12/h1-4,12,16H,5-6H2. The van der Waals surface area contributed by atoms with Gasteiger partial charge >= 0.3 is 0 Å². The number of hydrazone groups is 1. The molecule has 0 spiro atoms. The lowest BCUT2D eigenvalue weighted by molar-refractivity contribution is -0.0435. The maximum Gasteiger partial charge on any atom is 0.237 e. The van der Waals surface area contributed by atoms with Gasteiger partial charge in [-0.3, -0.25) is 5.43 Å². The van der Waals surface area contributed by atoms with Crippen molar-refractivity contribution in [1.29, 1.82) is 10.5 Å². The number of ether oxygens (including phenoxy) is 2. The van der Waals surface area contributed by atoms with Gasteiger partial charge in [0.15, 0.2) is 6.29 Å². The quantitative estimate of drug-likeness (QED) is 0.641. The zero-order valence-corrected chi connectivity index (χ0v) is 9.46. The largest absolute Gasteiger partial charge is 0.346 e. The van der Waals surface area contributed by atoms with Crippen LogP contribution in [0.15, 0.2) is 29.4 Å². The first-order valence-electron chi connectivity index (χ1n) is 5.31. The molecule has 0 bridgehead atoms. The SMILES string of the molecule is N#CC(C#N)=NNc1ccccc1C1OCCO1. The van der Waals surface area contributed by atoms with E-state index in [0.717, 1.165) is 5.56 Å². The first-order chi connectivity index (χ1) is 8.85. The van der Waals surface area contributed by atoms with Crippen LogP contribution in [0.2, 0.25) is 0 Å². The molecule has 1 N–H and O–H groups in total. The summed E-state index contributed by atoms with van der Waals surface area (Å²) in [5, 5.41) is 20.9. The number of nitrogens with one attached hydrogen (secondary N) is 1. The molecule has 1 heterocycles. The monoisotopic (exact) mass is 242 g/mol. The number of nitrogens with zero attached hydrogens (tertiary/aromatic N) is 3. The van der Waals surface area contributed by atoms with Gasteiger partial charge in [-0.05, 0) is 6.07 Å². The van der Waals surface area contributed by atoms with Gasteiger partial charge < -0.3 is 9.47 Å². The van der Waals surface area contributed by atoms with Crippen LogP contribution in [0, 0.1) is 22.7 Å². The molecule has 1 aliphatic rings. The Morgan fingerprint density at radius 2 is 1.89 bits per heavy atom. The number of rotatable bonds is 3. The van der Waals surface area contributed by atoms with Crippen molar-refractivity contribution < 1.29 is 9.47 Å². The molecule has 0 aromatic heterocycles. The zero-order valence-electron chi connectivity index (χ0n) is 9.46. The van der Waals surface area contributed by atoms with Crippen LogP contribution in [0.5, 0.6) is 0 Å². The van der Waals surface area contributed by atoms with Crippen molar-refractivity contribution in [3.63, 3.8) is 0 Å². The van der Waals surface area contributed by atoms with Gasteiger partial charge in [-0.15, -0.1) is 0 Å². The Balaban J connectivity index is 2.21. The third kappa shape index (κ3) is 2.64. The fourth-order valence-corrected chi connectivity index (χ4v) is 1.53. The van der Waals surface area contributed by atoms with E-state index in [4.69, 9.17) is 20.0 Å². The number of hydrogen-bond acceptors (Lipinski definition) is 6. The molecule has 1 fully saturated rings. The minimum Gasteiger partial charge on any atom is -0.346 e. The second-order valence-corrected chi connectivity index (χ2v) is 3.46. The zero-order chi connectivity index (χ0) is 12.8. The third-order valence-corrected chi connectivity index (χ3v) is 2.34. The molecule has 0 atom stereocenters. The first kappa shape index (κ1) is 12.1. The third-order valence-electron chi connectivity index (χ3n) is 2.34. The van der Waals surface area contributed by atoms with E-state index in [1.54, 1.807) is 18.2 Å². The highest BCUT2D eigenvalue weighted by Crippen LogP contribution is 2.29. The van der Waals surface area contributed by atoms with Crippen LogP contribution in [0.25, 0.3) is 0 Å². The smallest absolute Gasteiger partial charge is 0.237 e. The molecule has 0 amide bonds. The number of hydrogen-bond donors (Lipinski definition) is 1. The summed E-state index contributed by atoms with van der Waals surface area (Å²) in [6.45, 7) is 1.09. The Labute approximate surface area is 104 Å². The number of anilines is 1. The average molecular weight is 242 g/mol. The second-order valence-electron chi connectivity index (χ2n) is 3.46. The predicted octanol–water partition coefficient (Wildman–Crippen LogP) is 1.55. The van der Waals surface area contributed by atoms with E-state index in [9.17, 15) is 0 Å². The van der Waals surface area contributed by atoms with Crippen molar-refractivity contribution in [2.45, 2.75) is 6.29 Å². The minimum absolute atomic E-state index is 0.238. The van der Waals surface area contributed by atoms with E-state index in [1.807, 2.05) is 18.2 Å². The summed E-state index contributed by atoms with van der Waals surface area (Å²) in [6.07, 6.45) is -0.434. The van der Waals surface area contributed by atoms with Gasteiger partial charge in [0.1, 0.15) is 12.1 Å². The van der Waals surface area contributed by atoms with Crippen molar-refractivity contribution in [1.82, 2.24) is 0 Å². The van der Waals surface area contributed by atoms with Crippen LogP contribution >= 0.6 is 0 Å². The maximum atomic E-state index is 8.59. The van der Waals surface area contributed by atoms with Crippen molar-refractivity contribution in [2.24, 2.45) is 5.10 Å². The van der Waals surface area contributed by atoms with Crippen molar-refractivity contribution in [3.05, 3.63) is 29.8 Å². The molecule has 1 aromatic rings. The lowest BCUT2D eigenvalue weighted by Crippen LogP contribution is -2.04. The molecule has 1 aromatic carbocycles. The highest BCUT2D eigenvalue weighted by molar-refractivity contribution is 6.10. The lowest BCUT2D eigenvalue weighted by Gasteiger charge is -2.13. The van der Waals surface area contributed by atoms with Gasteiger partial charge in [0.25, 0.3) is 0 Å². The average Bonchev–Trinajstić information content (AvgIpc) is 2.94. The summed E-state index contributed by atoms with van der Waals surface area (Å²) in [4.78, 5) is 0. The Morgan fingerprint density at radius 3 is 2.56 bits per heavy atom. The van der Waals surface area contributed by atoms with Gasteiger partial charge in [-0.1, -0.05) is 18.2 Å². The van der Waals surface area contributed by atoms with Crippen LogP contribution < -0.4 is 5.43 Å². The number of para-hydroxylation sites is 1. The van der Waals surface area contributed by atoms with E-state index in [2.05, 4.69) is 10.5 Å². The molecule has 1 saturated heterocycles. The highest BCUT2D eigenvalue weighted by atomic mass is 16.7. The maximum absolute atomic E-state index is 8.59. The second kappa shape index (κ2) is 5.78. The van der Waals surface area contributed by atoms with Crippen LogP contribution in [0.1, 0.15) is 11.9 Å². The molecular formula is C12H10N4O2. The lowest BCUT2D eigenvalue weighted by atomic mass is 10.2. The molecular weight excluding hydrogens is 232 g/mol. The van der Waals surface area contributed by atoms with E-state index in [1.165, 1.54) is 0 Å². The fraction of sp³-hybridized carbons (Fsp3) is 0.250. The Bertz CT molecular complexity index is 520. The van der Waals surface area contributed by atoms with Gasteiger partial charge in [0.05, 0.1) is 18.9 Å². The Kier molecular flexibility index (Phi) is 3.87. The van der Waals surface area contributed by atoms with Gasteiger partial charge in [-0.2, -0.15) is 15.6 Å². The molecule has 1 aliphatic heterocycles. The summed E-state index contributed by atoms with van der Waals surface area (Å²) in [6, 6.07) is 10.6. The van der Waals surface area contributed by atoms with E-state index in [-0.39, 0.29) is 5.71 Å². The molecule has 6 nitrogen and oxygen atoms in total. The topological polar surface area (TPSA) is 90.4 Å². The molecule has 0 radical (unpaired) electrons. The molecule has 90 valence electrons. The number of nitriles is 2. The van der Waals surface area contributed by atoms with E-state index >= 15 is 0 Å². The van der Waals surface area contributed by atoms with Gasteiger partial charge in [-0.25, -0.2) is 0 Å². The fourth-order valence-electron chi connectivity index (χ4n) is 1.53. The van der Waals surface area contributed by atoms with Crippen LogP contribution in [-0.2, 0) is 9.47 Å². The van der Waals surface area contributed by atoms with Crippen LogP contribution in [-0.4, -0.2) is 18.9 Å². The summed E-state index contributed by atoms with van der Waals surface area (Å²) in [5.74, 6) is 0.